The topological polar surface area (TPSA) is 98.7 Å². The zero-order valence-electron chi connectivity index (χ0n) is 16.1. The second-order valence-electron chi connectivity index (χ2n) is 7.48. The summed E-state index contributed by atoms with van der Waals surface area (Å²) in [4.78, 5) is 0. The molecule has 148 valence electrons. The van der Waals surface area contributed by atoms with Crippen LogP contribution in [0.3, 0.4) is 0 Å². The van der Waals surface area contributed by atoms with Crippen molar-refractivity contribution in [2.75, 3.05) is 6.54 Å². The minimum atomic E-state index is -0.247. The van der Waals surface area contributed by atoms with Gasteiger partial charge in [-0.25, -0.2) is 4.68 Å². The van der Waals surface area contributed by atoms with E-state index in [1.807, 2.05) is 29.0 Å². The van der Waals surface area contributed by atoms with Gasteiger partial charge in [0.1, 0.15) is 0 Å². The van der Waals surface area contributed by atoms with Crippen molar-refractivity contribution in [2.24, 2.45) is 0 Å². The molecule has 0 amide bonds. The smallest absolute Gasteiger partial charge is 0.185 e. The number of pyridine rings is 1. The third-order valence-corrected chi connectivity index (χ3v) is 5.68. The Kier molecular flexibility index (Phi) is 4.73. The van der Waals surface area contributed by atoms with E-state index in [0.717, 1.165) is 35.1 Å². The van der Waals surface area contributed by atoms with Gasteiger partial charge in [-0.3, -0.25) is 5.32 Å². The largest absolute Gasteiger partial charge is 0.300 e. The molecule has 9 heteroatoms. The molecule has 1 unspecified atom stereocenters. The Morgan fingerprint density at radius 1 is 1.10 bits per heavy atom. The molecule has 1 fully saturated rings. The van der Waals surface area contributed by atoms with Crippen LogP contribution in [0, 0.1) is 0 Å². The Morgan fingerprint density at radius 2 is 1.93 bits per heavy atom. The van der Waals surface area contributed by atoms with Gasteiger partial charge in [0.15, 0.2) is 11.5 Å². The molecule has 0 spiro atoms. The van der Waals surface area contributed by atoms with E-state index >= 15 is 0 Å². The van der Waals surface area contributed by atoms with Crippen LogP contribution in [-0.2, 0) is 0 Å². The van der Waals surface area contributed by atoms with Crippen molar-refractivity contribution >= 4 is 16.6 Å². The highest BCUT2D eigenvalue weighted by atomic mass is 15.6. The van der Waals surface area contributed by atoms with E-state index in [2.05, 4.69) is 55.1 Å². The second-order valence-corrected chi connectivity index (χ2v) is 7.48. The molecule has 4 aromatic rings. The van der Waals surface area contributed by atoms with Crippen LogP contribution in [0.15, 0.2) is 43.0 Å². The van der Waals surface area contributed by atoms with Crippen LogP contribution < -0.4 is 5.32 Å². The summed E-state index contributed by atoms with van der Waals surface area (Å²) in [5, 5.41) is 29.8. The van der Waals surface area contributed by atoms with E-state index in [4.69, 9.17) is 0 Å². The number of rotatable bonds is 6. The highest BCUT2D eigenvalue weighted by Crippen LogP contribution is 2.32. The fourth-order valence-electron chi connectivity index (χ4n) is 4.29. The molecule has 0 radical (unpaired) electrons. The maximum Gasteiger partial charge on any atom is 0.185 e. The first kappa shape index (κ1) is 17.9. The van der Waals surface area contributed by atoms with Crippen LogP contribution in [-0.4, -0.2) is 46.8 Å². The maximum atomic E-state index is 4.42. The van der Waals surface area contributed by atoms with E-state index in [1.54, 1.807) is 4.52 Å². The SMILES string of the molecule is C=CCNC(c1cc2ccccc2n2nnnc12)c1nnnn1C1CCCCC1. The summed E-state index contributed by atoms with van der Waals surface area (Å²) in [7, 11) is 0. The number of nitrogens with one attached hydrogen (secondary N) is 1. The molecule has 3 aromatic heterocycles. The zero-order valence-corrected chi connectivity index (χ0v) is 16.1. The molecule has 0 aliphatic heterocycles. The molecule has 1 aromatic carbocycles. The zero-order chi connectivity index (χ0) is 19.6. The summed E-state index contributed by atoms with van der Waals surface area (Å²) < 4.78 is 3.78. The third kappa shape index (κ3) is 3.17. The molecule has 1 saturated carbocycles. The van der Waals surface area contributed by atoms with Crippen LogP contribution in [0.25, 0.3) is 16.6 Å². The van der Waals surface area contributed by atoms with Gasteiger partial charge >= 0.3 is 0 Å². The average Bonchev–Trinajstić information content (AvgIpc) is 3.45. The van der Waals surface area contributed by atoms with Crippen molar-refractivity contribution in [3.63, 3.8) is 0 Å². The van der Waals surface area contributed by atoms with E-state index in [0.29, 0.717) is 18.2 Å². The Morgan fingerprint density at radius 3 is 2.79 bits per heavy atom. The monoisotopic (exact) mass is 389 g/mol. The summed E-state index contributed by atoms with van der Waals surface area (Å²) in [6.45, 7) is 4.47. The number of fused-ring (bicyclic) bond motifs is 3. The van der Waals surface area contributed by atoms with Gasteiger partial charge in [0, 0.05) is 17.5 Å². The molecule has 1 atom stereocenters. The van der Waals surface area contributed by atoms with Crippen molar-refractivity contribution in [2.45, 2.75) is 44.2 Å². The molecule has 5 rings (SSSR count). The second kappa shape index (κ2) is 7.67. The van der Waals surface area contributed by atoms with Gasteiger partial charge in [-0.1, -0.05) is 43.5 Å². The number of aromatic nitrogens is 8. The molecule has 1 aliphatic carbocycles. The summed E-state index contributed by atoms with van der Waals surface area (Å²) in [6, 6.07) is 10.3. The number of hydrogen-bond acceptors (Lipinski definition) is 7. The molecule has 1 N–H and O–H groups in total. The van der Waals surface area contributed by atoms with Gasteiger partial charge in [0.05, 0.1) is 17.6 Å². The quantitative estimate of drug-likeness (QED) is 0.506. The van der Waals surface area contributed by atoms with Crippen molar-refractivity contribution in [1.29, 1.82) is 0 Å². The molecule has 9 nitrogen and oxygen atoms in total. The molecule has 0 bridgehead atoms. The van der Waals surface area contributed by atoms with Gasteiger partial charge in [-0.05, 0) is 45.8 Å². The fraction of sp³-hybridized carbons (Fsp3) is 0.400. The normalized spacial score (nSPS) is 16.4. The van der Waals surface area contributed by atoms with E-state index < -0.39 is 0 Å². The first-order chi connectivity index (χ1) is 14.4. The Labute approximate surface area is 167 Å². The van der Waals surface area contributed by atoms with Crippen LogP contribution in [0.4, 0.5) is 0 Å². The van der Waals surface area contributed by atoms with Crippen molar-refractivity contribution < 1.29 is 0 Å². The summed E-state index contributed by atoms with van der Waals surface area (Å²) >= 11 is 0. The maximum absolute atomic E-state index is 4.42. The van der Waals surface area contributed by atoms with Crippen molar-refractivity contribution in [1.82, 2.24) is 45.6 Å². The molecule has 1 aliphatic rings. The highest BCUT2D eigenvalue weighted by molar-refractivity contribution is 5.83. The first-order valence-corrected chi connectivity index (χ1v) is 10.1. The van der Waals surface area contributed by atoms with Crippen molar-refractivity contribution in [3.8, 4) is 0 Å². The van der Waals surface area contributed by atoms with Crippen LogP contribution >= 0.6 is 0 Å². The average molecular weight is 389 g/mol. The number of benzene rings is 1. The molecular formula is C20H23N9. The molecule has 29 heavy (non-hydrogen) atoms. The van der Waals surface area contributed by atoms with Crippen LogP contribution in [0.1, 0.15) is 55.6 Å². The number of tetrazole rings is 2. The first-order valence-electron chi connectivity index (χ1n) is 10.1. The number of nitrogens with zero attached hydrogens (tertiary/aromatic N) is 8. The lowest BCUT2D eigenvalue weighted by atomic mass is 9.95. The van der Waals surface area contributed by atoms with Crippen LogP contribution in [0.5, 0.6) is 0 Å². The van der Waals surface area contributed by atoms with Gasteiger partial charge in [0.2, 0.25) is 0 Å². The van der Waals surface area contributed by atoms with E-state index in [9.17, 15) is 0 Å². The van der Waals surface area contributed by atoms with Crippen LogP contribution in [0.2, 0.25) is 0 Å². The number of para-hydroxylation sites is 1. The third-order valence-electron chi connectivity index (χ3n) is 5.68. The molecule has 0 saturated heterocycles. The number of hydrogen-bond donors (Lipinski definition) is 1. The standard InChI is InChI=1S/C20H23N9/c1-2-12-21-18(20-23-25-26-28(20)15-9-4-3-5-10-15)16-13-14-8-6-7-11-17(14)29-19(16)22-24-27-29/h2,6-8,11,13,15,18,21H,1,3-5,9-10,12H2. The summed E-state index contributed by atoms with van der Waals surface area (Å²) in [5.41, 5.74) is 2.61. The van der Waals surface area contributed by atoms with E-state index in [1.165, 1.54) is 19.3 Å². The highest BCUT2D eigenvalue weighted by Gasteiger charge is 2.28. The van der Waals surface area contributed by atoms with Crippen molar-refractivity contribution in [3.05, 3.63) is 54.4 Å². The summed E-state index contributed by atoms with van der Waals surface area (Å²) in [6.07, 6.45) is 7.74. The minimum absolute atomic E-state index is 0.247. The Hall–Kier alpha value is -3.20. The summed E-state index contributed by atoms with van der Waals surface area (Å²) in [5.74, 6) is 0.791. The molecular weight excluding hydrogens is 366 g/mol. The lowest BCUT2D eigenvalue weighted by Gasteiger charge is -2.25. The fourth-order valence-corrected chi connectivity index (χ4v) is 4.29. The lowest BCUT2D eigenvalue weighted by molar-refractivity contribution is 0.311. The van der Waals surface area contributed by atoms with Gasteiger partial charge < -0.3 is 0 Å². The lowest BCUT2D eigenvalue weighted by Crippen LogP contribution is -2.28. The van der Waals surface area contributed by atoms with E-state index in [-0.39, 0.29) is 6.04 Å². The van der Waals surface area contributed by atoms with Gasteiger partial charge in [-0.15, -0.1) is 16.8 Å². The van der Waals surface area contributed by atoms with Gasteiger partial charge in [-0.2, -0.15) is 4.52 Å². The minimum Gasteiger partial charge on any atom is -0.300 e. The Balaban J connectivity index is 1.67. The van der Waals surface area contributed by atoms with Gasteiger partial charge in [0.25, 0.3) is 0 Å². The Bertz CT molecular complexity index is 1140. The molecule has 3 heterocycles. The predicted octanol–water partition coefficient (Wildman–Crippen LogP) is 2.63. The predicted molar refractivity (Wildman–Crippen MR) is 108 cm³/mol.